The Bertz CT molecular complexity index is 1010. The summed E-state index contributed by atoms with van der Waals surface area (Å²) in [5, 5.41) is 3.78. The van der Waals surface area contributed by atoms with E-state index in [0.717, 1.165) is 11.3 Å². The highest BCUT2D eigenvalue weighted by Gasteiger charge is 2.34. The van der Waals surface area contributed by atoms with E-state index in [9.17, 15) is 14.4 Å². The quantitative estimate of drug-likeness (QED) is 0.433. The topological polar surface area (TPSA) is 127 Å². The summed E-state index contributed by atoms with van der Waals surface area (Å²) in [4.78, 5) is 50.4. The minimum absolute atomic E-state index is 0.0326. The second-order valence-corrected chi connectivity index (χ2v) is 8.58. The summed E-state index contributed by atoms with van der Waals surface area (Å²) in [6.07, 6.45) is 0.880. The summed E-state index contributed by atoms with van der Waals surface area (Å²) in [6.45, 7) is 6.18. The third-order valence-electron chi connectivity index (χ3n) is 5.15. The average Bonchev–Trinajstić information content (AvgIpc) is 3.38. The minimum atomic E-state index is -0.616. The lowest BCUT2D eigenvalue weighted by Gasteiger charge is -2.37. The second kappa shape index (κ2) is 10.4. The van der Waals surface area contributed by atoms with Crippen molar-refractivity contribution in [3.8, 4) is 0 Å². The van der Waals surface area contributed by atoms with Crippen LogP contribution in [0.2, 0.25) is 5.15 Å². The van der Waals surface area contributed by atoms with Crippen molar-refractivity contribution < 1.29 is 23.9 Å². The molecule has 10 nitrogen and oxygen atoms in total. The van der Waals surface area contributed by atoms with Crippen molar-refractivity contribution in [3.63, 3.8) is 0 Å². The molecular weight excluding hydrogens is 458 g/mol. The van der Waals surface area contributed by atoms with E-state index in [1.165, 1.54) is 6.92 Å². The summed E-state index contributed by atoms with van der Waals surface area (Å²) < 4.78 is 10.6. The first kappa shape index (κ1) is 24.1. The smallest absolute Gasteiger partial charge is 0.358 e. The van der Waals surface area contributed by atoms with Crippen LogP contribution in [0.3, 0.4) is 0 Å². The van der Waals surface area contributed by atoms with E-state index in [4.69, 9.17) is 21.1 Å². The number of ketones is 1. The molecule has 1 aliphatic rings. The molecule has 0 aliphatic carbocycles. The Morgan fingerprint density at radius 1 is 1.31 bits per heavy atom. The predicted octanol–water partition coefficient (Wildman–Crippen LogP) is 2.49. The first-order chi connectivity index (χ1) is 15.3. The number of aromatic amines is 1. The number of carbonyl (C=O) groups excluding carboxylic acids is 3. The molecule has 0 radical (unpaired) electrons. The number of carbonyl (C=O) groups is 3. The normalized spacial score (nSPS) is 18.5. The number of hydrogen-bond donors (Lipinski definition) is 2. The van der Waals surface area contributed by atoms with Crippen LogP contribution in [0.5, 0.6) is 0 Å². The van der Waals surface area contributed by atoms with Gasteiger partial charge in [-0.25, -0.2) is 14.8 Å². The molecule has 0 spiro atoms. The van der Waals surface area contributed by atoms with Gasteiger partial charge < -0.3 is 24.7 Å². The molecule has 0 bridgehead atoms. The van der Waals surface area contributed by atoms with Gasteiger partial charge in [0, 0.05) is 27.1 Å². The van der Waals surface area contributed by atoms with Crippen LogP contribution in [0.1, 0.15) is 63.7 Å². The summed E-state index contributed by atoms with van der Waals surface area (Å²) in [5.74, 6) is -1.06. The van der Waals surface area contributed by atoms with Crippen LogP contribution in [0, 0.1) is 0 Å². The van der Waals surface area contributed by atoms with E-state index < -0.39 is 5.97 Å². The molecule has 2 atom stereocenters. The van der Waals surface area contributed by atoms with E-state index in [1.807, 2.05) is 11.8 Å². The van der Waals surface area contributed by atoms with Gasteiger partial charge in [0.2, 0.25) is 0 Å². The van der Waals surface area contributed by atoms with Crippen molar-refractivity contribution in [3.05, 3.63) is 27.2 Å². The number of nitrogens with zero attached hydrogens (tertiary/aromatic N) is 3. The van der Waals surface area contributed by atoms with E-state index in [1.54, 1.807) is 14.0 Å². The molecule has 3 rings (SSSR count). The van der Waals surface area contributed by atoms with Crippen molar-refractivity contribution in [1.29, 1.82) is 0 Å². The van der Waals surface area contributed by atoms with Crippen molar-refractivity contribution >= 4 is 45.7 Å². The summed E-state index contributed by atoms with van der Waals surface area (Å²) in [7, 11) is 1.57. The first-order valence-corrected chi connectivity index (χ1v) is 11.5. The van der Waals surface area contributed by atoms with Crippen molar-refractivity contribution in [2.24, 2.45) is 0 Å². The SMILES string of the molecule is CCOC(=O)c1nc(N2CC[C@H](NC(=O)c3nc(Cl)c(CC)[nH]3)[C@H](OC)C2)sc1C(C)=O. The monoisotopic (exact) mass is 483 g/mol. The summed E-state index contributed by atoms with van der Waals surface area (Å²) >= 11 is 7.19. The fourth-order valence-corrected chi connectivity index (χ4v) is 4.73. The van der Waals surface area contributed by atoms with Crippen LogP contribution in [0.4, 0.5) is 5.13 Å². The number of Topliss-reactive ketones (excluding diaryl/α,β-unsaturated/α-hetero) is 1. The van der Waals surface area contributed by atoms with Crippen LogP contribution < -0.4 is 10.2 Å². The Labute approximate surface area is 194 Å². The number of halogens is 1. The molecule has 32 heavy (non-hydrogen) atoms. The third kappa shape index (κ3) is 5.11. The number of rotatable bonds is 8. The molecule has 1 aliphatic heterocycles. The molecule has 2 aromatic heterocycles. The van der Waals surface area contributed by atoms with Crippen LogP contribution in [-0.4, -0.2) is 71.6 Å². The molecule has 2 N–H and O–H groups in total. The molecule has 1 fully saturated rings. The van der Waals surface area contributed by atoms with Gasteiger partial charge in [-0.2, -0.15) is 0 Å². The number of anilines is 1. The number of esters is 1. The van der Waals surface area contributed by atoms with Crippen LogP contribution in [0.25, 0.3) is 0 Å². The van der Waals surface area contributed by atoms with E-state index in [0.29, 0.717) is 41.9 Å². The Morgan fingerprint density at radius 2 is 2.06 bits per heavy atom. The zero-order valence-corrected chi connectivity index (χ0v) is 19.9. The highest BCUT2D eigenvalue weighted by molar-refractivity contribution is 7.17. The molecule has 3 heterocycles. The number of H-pyrrole nitrogens is 1. The Hall–Kier alpha value is -2.50. The van der Waals surface area contributed by atoms with Gasteiger partial charge in [-0.05, 0) is 19.8 Å². The molecule has 174 valence electrons. The number of piperidine rings is 1. The lowest BCUT2D eigenvalue weighted by atomic mass is 10.0. The number of methoxy groups -OCH3 is 1. The van der Waals surface area contributed by atoms with Gasteiger partial charge >= 0.3 is 5.97 Å². The zero-order valence-electron chi connectivity index (χ0n) is 18.4. The predicted molar refractivity (Wildman–Crippen MR) is 120 cm³/mol. The largest absolute Gasteiger partial charge is 0.461 e. The number of imidazole rings is 1. The highest BCUT2D eigenvalue weighted by Crippen LogP contribution is 2.30. The average molecular weight is 484 g/mol. The molecular formula is C20H26ClN5O5S. The number of hydrogen-bond acceptors (Lipinski definition) is 9. The molecule has 0 unspecified atom stereocenters. The van der Waals surface area contributed by atoms with Gasteiger partial charge in [0.05, 0.1) is 24.4 Å². The molecule has 2 aromatic rings. The number of ether oxygens (including phenoxy) is 2. The molecule has 0 aromatic carbocycles. The number of aromatic nitrogens is 3. The van der Waals surface area contributed by atoms with Crippen molar-refractivity contribution in [1.82, 2.24) is 20.3 Å². The number of thiazole rings is 1. The first-order valence-electron chi connectivity index (χ1n) is 10.3. The fraction of sp³-hybridized carbons (Fsp3) is 0.550. The van der Waals surface area contributed by atoms with Crippen LogP contribution in [-0.2, 0) is 15.9 Å². The molecule has 1 amide bonds. The lowest BCUT2D eigenvalue weighted by Crippen LogP contribution is -2.55. The highest BCUT2D eigenvalue weighted by atomic mass is 35.5. The van der Waals surface area contributed by atoms with Crippen LogP contribution in [0.15, 0.2) is 0 Å². The Kier molecular flexibility index (Phi) is 7.86. The van der Waals surface area contributed by atoms with E-state index in [2.05, 4.69) is 20.3 Å². The number of aryl methyl sites for hydroxylation is 1. The third-order valence-corrected chi connectivity index (χ3v) is 6.68. The number of nitrogens with one attached hydrogen (secondary N) is 2. The van der Waals surface area contributed by atoms with Crippen molar-refractivity contribution in [2.75, 3.05) is 31.7 Å². The molecule has 1 saturated heterocycles. The maximum absolute atomic E-state index is 12.6. The second-order valence-electron chi connectivity index (χ2n) is 7.25. The maximum atomic E-state index is 12.6. The standard InChI is InChI=1S/C20H26ClN5O5S/c1-5-11-16(21)25-17(22-11)18(28)23-12-7-8-26(9-13(12)30-4)20-24-14(19(29)31-6-2)15(32-20)10(3)27/h12-13H,5-9H2,1-4H3,(H,22,25)(H,23,28)/t12-,13+/m0/s1. The number of amides is 1. The molecule has 0 saturated carbocycles. The summed E-state index contributed by atoms with van der Waals surface area (Å²) in [6, 6.07) is -0.255. The van der Waals surface area contributed by atoms with Gasteiger partial charge in [-0.1, -0.05) is 29.9 Å². The van der Waals surface area contributed by atoms with Gasteiger partial charge in [0.25, 0.3) is 5.91 Å². The van der Waals surface area contributed by atoms with Crippen molar-refractivity contribution in [2.45, 2.75) is 45.8 Å². The fourth-order valence-electron chi connectivity index (χ4n) is 3.48. The minimum Gasteiger partial charge on any atom is -0.461 e. The lowest BCUT2D eigenvalue weighted by molar-refractivity contribution is 0.0514. The van der Waals surface area contributed by atoms with Gasteiger partial charge in [-0.15, -0.1) is 0 Å². The summed E-state index contributed by atoms with van der Waals surface area (Å²) in [5.41, 5.74) is 0.738. The Balaban J connectivity index is 1.72. The molecule has 12 heteroatoms. The maximum Gasteiger partial charge on any atom is 0.358 e. The van der Waals surface area contributed by atoms with Crippen LogP contribution >= 0.6 is 22.9 Å². The Morgan fingerprint density at radius 3 is 2.66 bits per heavy atom. The zero-order chi connectivity index (χ0) is 23.4. The van der Waals surface area contributed by atoms with E-state index >= 15 is 0 Å². The van der Waals surface area contributed by atoms with Gasteiger partial charge in [-0.3, -0.25) is 9.59 Å². The van der Waals surface area contributed by atoms with Gasteiger partial charge in [0.1, 0.15) is 4.88 Å². The van der Waals surface area contributed by atoms with E-state index in [-0.39, 0.29) is 46.8 Å². The van der Waals surface area contributed by atoms with Gasteiger partial charge in [0.15, 0.2) is 27.6 Å².